The molecule has 72 valence electrons. The molecule has 2 aromatic heterocycles. The molecule has 0 aliphatic carbocycles. The molecule has 0 saturated heterocycles. The lowest BCUT2D eigenvalue weighted by Crippen LogP contribution is -2.00. The van der Waals surface area contributed by atoms with E-state index in [1.807, 2.05) is 0 Å². The van der Waals surface area contributed by atoms with E-state index in [4.69, 9.17) is 5.11 Å². The summed E-state index contributed by atoms with van der Waals surface area (Å²) < 4.78 is 1.55. The smallest absolute Gasteiger partial charge is 0.337 e. The first-order valence-corrected chi connectivity index (χ1v) is 4.78. The summed E-state index contributed by atoms with van der Waals surface area (Å²) in [6, 6.07) is 0. The van der Waals surface area contributed by atoms with Gasteiger partial charge in [-0.3, -0.25) is 0 Å². The van der Waals surface area contributed by atoms with Crippen LogP contribution in [0.5, 0.6) is 0 Å². The summed E-state index contributed by atoms with van der Waals surface area (Å²) in [7, 11) is 1.73. The van der Waals surface area contributed by atoms with E-state index in [0.29, 0.717) is 11.4 Å². The van der Waals surface area contributed by atoms with Crippen LogP contribution in [0.1, 0.15) is 10.4 Å². The van der Waals surface area contributed by atoms with Gasteiger partial charge in [-0.1, -0.05) is 0 Å². The molecule has 14 heavy (non-hydrogen) atoms. The van der Waals surface area contributed by atoms with E-state index in [9.17, 15) is 4.79 Å². The van der Waals surface area contributed by atoms with E-state index in [1.54, 1.807) is 22.5 Å². The van der Waals surface area contributed by atoms with Gasteiger partial charge >= 0.3 is 5.97 Å². The Morgan fingerprint density at radius 2 is 2.36 bits per heavy atom. The fourth-order valence-corrected chi connectivity index (χ4v) is 1.98. The summed E-state index contributed by atoms with van der Waals surface area (Å²) in [4.78, 5) is 14.8. The Morgan fingerprint density at radius 1 is 1.57 bits per heavy atom. The van der Waals surface area contributed by atoms with Gasteiger partial charge in [0.05, 0.1) is 5.56 Å². The molecule has 2 aromatic rings. The first kappa shape index (κ1) is 8.89. The monoisotopic (exact) mass is 209 g/mol. The molecule has 0 aromatic carbocycles. The van der Waals surface area contributed by atoms with Crippen LogP contribution in [0.3, 0.4) is 0 Å². The number of aromatic nitrogens is 3. The molecule has 2 heterocycles. The third-order valence-electron chi connectivity index (χ3n) is 1.84. The summed E-state index contributed by atoms with van der Waals surface area (Å²) in [6.45, 7) is 0. The SMILES string of the molecule is Cn1ncnc1-c1cscc1C(=O)O. The first-order valence-electron chi connectivity index (χ1n) is 3.84. The van der Waals surface area contributed by atoms with Crippen LogP contribution >= 0.6 is 11.3 Å². The fourth-order valence-electron chi connectivity index (χ4n) is 1.18. The maximum atomic E-state index is 10.8. The molecule has 0 spiro atoms. The number of aromatic carboxylic acids is 1. The number of aryl methyl sites for hydroxylation is 1. The number of hydrogen-bond acceptors (Lipinski definition) is 4. The maximum Gasteiger partial charge on any atom is 0.337 e. The van der Waals surface area contributed by atoms with E-state index in [-0.39, 0.29) is 5.56 Å². The van der Waals surface area contributed by atoms with Gasteiger partial charge in [0.2, 0.25) is 0 Å². The summed E-state index contributed by atoms with van der Waals surface area (Å²) in [5.74, 6) is -0.368. The molecule has 0 fully saturated rings. The zero-order valence-electron chi connectivity index (χ0n) is 7.34. The Hall–Kier alpha value is -1.69. The lowest BCUT2D eigenvalue weighted by Gasteiger charge is -1.98. The molecule has 5 nitrogen and oxygen atoms in total. The van der Waals surface area contributed by atoms with E-state index < -0.39 is 5.97 Å². The van der Waals surface area contributed by atoms with Crippen LogP contribution in [-0.2, 0) is 7.05 Å². The molecule has 2 rings (SSSR count). The molecular weight excluding hydrogens is 202 g/mol. The molecule has 0 bridgehead atoms. The highest BCUT2D eigenvalue weighted by molar-refractivity contribution is 7.08. The number of rotatable bonds is 2. The van der Waals surface area contributed by atoms with Gasteiger partial charge in [-0.25, -0.2) is 14.5 Å². The average molecular weight is 209 g/mol. The van der Waals surface area contributed by atoms with Gasteiger partial charge in [0.25, 0.3) is 0 Å². The van der Waals surface area contributed by atoms with E-state index in [2.05, 4.69) is 10.1 Å². The summed E-state index contributed by atoms with van der Waals surface area (Å²) in [5, 5.41) is 16.1. The van der Waals surface area contributed by atoms with Crippen LogP contribution in [0.15, 0.2) is 17.1 Å². The normalized spacial score (nSPS) is 10.4. The summed E-state index contributed by atoms with van der Waals surface area (Å²) in [6.07, 6.45) is 1.40. The Morgan fingerprint density at radius 3 is 2.93 bits per heavy atom. The van der Waals surface area contributed by atoms with Gasteiger partial charge < -0.3 is 5.11 Å². The number of hydrogen-bond donors (Lipinski definition) is 1. The average Bonchev–Trinajstić information content (AvgIpc) is 2.70. The van der Waals surface area contributed by atoms with Crippen LogP contribution < -0.4 is 0 Å². The van der Waals surface area contributed by atoms with Gasteiger partial charge in [-0.2, -0.15) is 16.4 Å². The van der Waals surface area contributed by atoms with Crippen molar-refractivity contribution in [3.05, 3.63) is 22.7 Å². The third kappa shape index (κ3) is 1.29. The van der Waals surface area contributed by atoms with E-state index >= 15 is 0 Å². The predicted molar refractivity (Wildman–Crippen MR) is 51.3 cm³/mol. The van der Waals surface area contributed by atoms with Crippen LogP contribution in [-0.4, -0.2) is 25.8 Å². The van der Waals surface area contributed by atoms with Crippen LogP contribution in [0.2, 0.25) is 0 Å². The minimum atomic E-state index is -0.941. The molecule has 0 radical (unpaired) electrons. The lowest BCUT2D eigenvalue weighted by molar-refractivity contribution is 0.0698. The van der Waals surface area contributed by atoms with Crippen molar-refractivity contribution in [1.29, 1.82) is 0 Å². The zero-order chi connectivity index (χ0) is 10.1. The van der Waals surface area contributed by atoms with E-state index in [0.717, 1.165) is 0 Å². The maximum absolute atomic E-state index is 10.8. The van der Waals surface area contributed by atoms with Crippen LogP contribution in [0.4, 0.5) is 0 Å². The first-order chi connectivity index (χ1) is 6.70. The lowest BCUT2D eigenvalue weighted by atomic mass is 10.2. The van der Waals surface area contributed by atoms with Gasteiger partial charge in [-0.15, -0.1) is 0 Å². The van der Waals surface area contributed by atoms with Crippen molar-refractivity contribution in [3.63, 3.8) is 0 Å². The highest BCUT2D eigenvalue weighted by Crippen LogP contribution is 2.24. The van der Waals surface area contributed by atoms with Crippen molar-refractivity contribution < 1.29 is 9.90 Å². The van der Waals surface area contributed by atoms with E-state index in [1.165, 1.54) is 17.7 Å². The Bertz CT molecular complexity index is 474. The molecule has 0 atom stereocenters. The molecule has 6 heteroatoms. The second-order valence-corrected chi connectivity index (χ2v) is 3.46. The number of carboxylic acid groups (broad SMARTS) is 1. The Labute approximate surface area is 83.6 Å². The molecule has 0 amide bonds. The minimum absolute atomic E-state index is 0.270. The fraction of sp³-hybridized carbons (Fsp3) is 0.125. The molecule has 0 unspecified atom stereocenters. The summed E-state index contributed by atoms with van der Waals surface area (Å²) in [5.41, 5.74) is 0.883. The molecule has 0 aliphatic heterocycles. The van der Waals surface area contributed by atoms with Gasteiger partial charge in [0, 0.05) is 23.4 Å². The van der Waals surface area contributed by atoms with Gasteiger partial charge in [-0.05, 0) is 0 Å². The number of thiophene rings is 1. The highest BCUT2D eigenvalue weighted by atomic mass is 32.1. The van der Waals surface area contributed by atoms with Crippen molar-refractivity contribution in [1.82, 2.24) is 14.8 Å². The standard InChI is InChI=1S/C8H7N3O2S/c1-11-7(9-4-10-11)5-2-14-3-6(5)8(12)13/h2-4H,1H3,(H,12,13). The van der Waals surface area contributed by atoms with Crippen molar-refractivity contribution in [2.75, 3.05) is 0 Å². The minimum Gasteiger partial charge on any atom is -0.478 e. The largest absolute Gasteiger partial charge is 0.478 e. The second kappa shape index (κ2) is 3.22. The zero-order valence-corrected chi connectivity index (χ0v) is 8.15. The Balaban J connectivity index is 2.57. The van der Waals surface area contributed by atoms with Crippen molar-refractivity contribution >= 4 is 17.3 Å². The van der Waals surface area contributed by atoms with Crippen molar-refractivity contribution in [2.24, 2.45) is 7.05 Å². The molecule has 0 saturated carbocycles. The molecule has 0 aliphatic rings. The number of carboxylic acids is 1. The van der Waals surface area contributed by atoms with Gasteiger partial charge in [0.1, 0.15) is 6.33 Å². The van der Waals surface area contributed by atoms with Gasteiger partial charge in [0.15, 0.2) is 5.82 Å². The summed E-state index contributed by atoms with van der Waals surface area (Å²) >= 11 is 1.34. The van der Waals surface area contributed by atoms with Crippen molar-refractivity contribution in [2.45, 2.75) is 0 Å². The number of carbonyl (C=O) groups is 1. The third-order valence-corrected chi connectivity index (χ3v) is 2.59. The quantitative estimate of drug-likeness (QED) is 0.808. The van der Waals surface area contributed by atoms with Crippen LogP contribution in [0.25, 0.3) is 11.4 Å². The molecule has 1 N–H and O–H groups in total. The predicted octanol–water partition coefficient (Wildman–Crippen LogP) is 1.24. The van der Waals surface area contributed by atoms with Crippen LogP contribution in [0, 0.1) is 0 Å². The topological polar surface area (TPSA) is 68.0 Å². The van der Waals surface area contributed by atoms with Crippen molar-refractivity contribution in [3.8, 4) is 11.4 Å². The molecular formula is C8H7N3O2S. The second-order valence-electron chi connectivity index (χ2n) is 2.71. The highest BCUT2D eigenvalue weighted by Gasteiger charge is 2.15. The Kier molecular flexibility index (Phi) is 2.05. The number of nitrogens with zero attached hydrogens (tertiary/aromatic N) is 3.